The molecule has 19 heavy (non-hydrogen) atoms. The molecule has 1 fully saturated rings. The first-order valence-electron chi connectivity index (χ1n) is 7.68. The number of likely N-dealkylation sites (tertiary alicyclic amines) is 1. The first-order valence-corrected chi connectivity index (χ1v) is 7.68. The average Bonchev–Trinajstić information content (AvgIpc) is 2.45. The van der Waals surface area contributed by atoms with Gasteiger partial charge in [0.15, 0.2) is 0 Å². The Bertz CT molecular complexity index is 372. The molecule has 106 valence electrons. The first-order chi connectivity index (χ1) is 9.22. The predicted octanol–water partition coefficient (Wildman–Crippen LogP) is 3.84. The van der Waals surface area contributed by atoms with Crippen LogP contribution in [0.25, 0.3) is 0 Å². The van der Waals surface area contributed by atoms with Gasteiger partial charge in [-0.3, -0.25) is 4.90 Å². The summed E-state index contributed by atoms with van der Waals surface area (Å²) in [5, 5.41) is 3.33. The lowest BCUT2D eigenvalue weighted by Crippen LogP contribution is -2.38. The maximum absolute atomic E-state index is 4.55. The largest absolute Gasteiger partial charge is 0.370 e. The van der Waals surface area contributed by atoms with E-state index in [0.717, 1.165) is 18.8 Å². The second kappa shape index (κ2) is 6.90. The highest BCUT2D eigenvalue weighted by atomic mass is 15.2. The molecule has 3 nitrogen and oxygen atoms in total. The molecule has 1 atom stereocenters. The highest BCUT2D eigenvalue weighted by Gasteiger charge is 2.25. The Kier molecular flexibility index (Phi) is 5.20. The Hall–Kier alpha value is -1.09. The average molecular weight is 261 g/mol. The highest BCUT2D eigenvalue weighted by molar-refractivity contribution is 5.36. The van der Waals surface area contributed by atoms with Crippen molar-refractivity contribution in [2.24, 2.45) is 0 Å². The molecule has 1 aromatic heterocycles. The summed E-state index contributed by atoms with van der Waals surface area (Å²) >= 11 is 0. The number of hydrogen-bond acceptors (Lipinski definition) is 3. The van der Waals surface area contributed by atoms with Gasteiger partial charge in [-0.05, 0) is 51.3 Å². The fraction of sp³-hybridized carbons (Fsp3) is 0.688. The van der Waals surface area contributed by atoms with Gasteiger partial charge in [0.25, 0.3) is 0 Å². The van der Waals surface area contributed by atoms with Crippen LogP contribution in [0.3, 0.4) is 0 Å². The standard InChI is InChI=1S/C16H27N3/c1-4-10-17-16-9-8-14(12-18-16)15-7-5-6-11-19(15)13(2)3/h8-9,12-13,15H,4-7,10-11H2,1-3H3,(H,17,18). The minimum absolute atomic E-state index is 0.557. The third-order valence-corrected chi connectivity index (χ3v) is 3.93. The minimum Gasteiger partial charge on any atom is -0.370 e. The first kappa shape index (κ1) is 14.3. The van der Waals surface area contributed by atoms with Gasteiger partial charge in [-0.1, -0.05) is 19.4 Å². The van der Waals surface area contributed by atoms with Crippen molar-refractivity contribution in [2.75, 3.05) is 18.4 Å². The Morgan fingerprint density at radius 3 is 2.84 bits per heavy atom. The number of hydrogen-bond donors (Lipinski definition) is 1. The minimum atomic E-state index is 0.557. The fourth-order valence-corrected chi connectivity index (χ4v) is 2.89. The summed E-state index contributed by atoms with van der Waals surface area (Å²) in [6.45, 7) is 8.97. The molecule has 0 radical (unpaired) electrons. The van der Waals surface area contributed by atoms with Gasteiger partial charge in [0, 0.05) is 24.8 Å². The van der Waals surface area contributed by atoms with Gasteiger partial charge in [0.2, 0.25) is 0 Å². The third-order valence-electron chi connectivity index (χ3n) is 3.93. The predicted molar refractivity (Wildman–Crippen MR) is 81.5 cm³/mol. The van der Waals surface area contributed by atoms with Gasteiger partial charge in [-0.25, -0.2) is 4.98 Å². The third kappa shape index (κ3) is 3.69. The molecule has 0 amide bonds. The van der Waals surface area contributed by atoms with Crippen LogP contribution in [-0.2, 0) is 0 Å². The molecule has 0 saturated carbocycles. The van der Waals surface area contributed by atoms with E-state index in [-0.39, 0.29) is 0 Å². The number of aromatic nitrogens is 1. The van der Waals surface area contributed by atoms with Gasteiger partial charge in [0.05, 0.1) is 0 Å². The van der Waals surface area contributed by atoms with Gasteiger partial charge in [-0.2, -0.15) is 0 Å². The van der Waals surface area contributed by atoms with E-state index in [2.05, 4.69) is 54.3 Å². The normalized spacial score (nSPS) is 20.7. The summed E-state index contributed by atoms with van der Waals surface area (Å²) in [5.41, 5.74) is 1.37. The second-order valence-corrected chi connectivity index (χ2v) is 5.75. The van der Waals surface area contributed by atoms with Gasteiger partial charge >= 0.3 is 0 Å². The van der Waals surface area contributed by atoms with Crippen molar-refractivity contribution in [1.29, 1.82) is 0 Å². The Morgan fingerprint density at radius 2 is 2.21 bits per heavy atom. The molecule has 1 N–H and O–H groups in total. The van der Waals surface area contributed by atoms with Crippen LogP contribution in [0, 0.1) is 0 Å². The quantitative estimate of drug-likeness (QED) is 0.873. The summed E-state index contributed by atoms with van der Waals surface area (Å²) in [7, 11) is 0. The van der Waals surface area contributed by atoms with Crippen molar-refractivity contribution in [3.8, 4) is 0 Å². The van der Waals surface area contributed by atoms with Crippen molar-refractivity contribution < 1.29 is 0 Å². The van der Waals surface area contributed by atoms with E-state index in [1.165, 1.54) is 31.4 Å². The zero-order chi connectivity index (χ0) is 13.7. The van der Waals surface area contributed by atoms with E-state index < -0.39 is 0 Å². The molecule has 0 bridgehead atoms. The number of pyridine rings is 1. The smallest absolute Gasteiger partial charge is 0.125 e. The molecular formula is C16H27N3. The van der Waals surface area contributed by atoms with Gasteiger partial charge < -0.3 is 5.32 Å². The molecular weight excluding hydrogens is 234 g/mol. The summed E-state index contributed by atoms with van der Waals surface area (Å²) < 4.78 is 0. The number of rotatable bonds is 5. The molecule has 2 heterocycles. The van der Waals surface area contributed by atoms with Crippen LogP contribution in [0.2, 0.25) is 0 Å². The zero-order valence-electron chi connectivity index (χ0n) is 12.5. The van der Waals surface area contributed by atoms with E-state index >= 15 is 0 Å². The summed E-state index contributed by atoms with van der Waals surface area (Å²) in [5.74, 6) is 0.998. The molecule has 0 spiro atoms. The molecule has 1 aliphatic rings. The van der Waals surface area contributed by atoms with Crippen molar-refractivity contribution in [3.63, 3.8) is 0 Å². The van der Waals surface area contributed by atoms with E-state index in [1.807, 2.05) is 0 Å². The van der Waals surface area contributed by atoms with Crippen molar-refractivity contribution in [2.45, 2.75) is 58.5 Å². The maximum Gasteiger partial charge on any atom is 0.125 e. The Morgan fingerprint density at radius 1 is 1.37 bits per heavy atom. The number of nitrogens with zero attached hydrogens (tertiary/aromatic N) is 2. The molecule has 1 aliphatic heterocycles. The maximum atomic E-state index is 4.55. The van der Waals surface area contributed by atoms with Crippen molar-refractivity contribution >= 4 is 5.82 Å². The molecule has 1 saturated heterocycles. The topological polar surface area (TPSA) is 28.2 Å². The van der Waals surface area contributed by atoms with E-state index in [0.29, 0.717) is 12.1 Å². The zero-order valence-corrected chi connectivity index (χ0v) is 12.5. The lowest BCUT2D eigenvalue weighted by atomic mass is 9.95. The highest BCUT2D eigenvalue weighted by Crippen LogP contribution is 2.32. The Balaban J connectivity index is 2.07. The number of nitrogens with one attached hydrogen (secondary N) is 1. The monoisotopic (exact) mass is 261 g/mol. The molecule has 0 aromatic carbocycles. The van der Waals surface area contributed by atoms with Crippen LogP contribution < -0.4 is 5.32 Å². The SMILES string of the molecule is CCCNc1ccc(C2CCCCN2C(C)C)cn1. The van der Waals surface area contributed by atoms with E-state index in [9.17, 15) is 0 Å². The summed E-state index contributed by atoms with van der Waals surface area (Å²) in [6, 6.07) is 5.54. The van der Waals surface area contributed by atoms with Crippen LogP contribution >= 0.6 is 0 Å². The van der Waals surface area contributed by atoms with Gasteiger partial charge in [0.1, 0.15) is 5.82 Å². The number of anilines is 1. The van der Waals surface area contributed by atoms with E-state index in [4.69, 9.17) is 0 Å². The molecule has 0 aliphatic carbocycles. The molecule has 1 aromatic rings. The van der Waals surface area contributed by atoms with Crippen LogP contribution in [-0.4, -0.2) is 29.0 Å². The van der Waals surface area contributed by atoms with Crippen molar-refractivity contribution in [1.82, 2.24) is 9.88 Å². The van der Waals surface area contributed by atoms with Crippen LogP contribution in [0.15, 0.2) is 18.3 Å². The van der Waals surface area contributed by atoms with Gasteiger partial charge in [-0.15, -0.1) is 0 Å². The summed E-state index contributed by atoms with van der Waals surface area (Å²) in [6.07, 6.45) is 7.13. The van der Waals surface area contributed by atoms with Crippen LogP contribution in [0.4, 0.5) is 5.82 Å². The lowest BCUT2D eigenvalue weighted by Gasteiger charge is -2.38. The fourth-order valence-electron chi connectivity index (χ4n) is 2.89. The molecule has 1 unspecified atom stereocenters. The number of piperidine rings is 1. The summed E-state index contributed by atoms with van der Waals surface area (Å²) in [4.78, 5) is 7.16. The second-order valence-electron chi connectivity index (χ2n) is 5.75. The lowest BCUT2D eigenvalue weighted by molar-refractivity contribution is 0.112. The molecule has 2 rings (SSSR count). The van der Waals surface area contributed by atoms with Crippen LogP contribution in [0.1, 0.15) is 58.1 Å². The van der Waals surface area contributed by atoms with Crippen molar-refractivity contribution in [3.05, 3.63) is 23.9 Å². The van der Waals surface area contributed by atoms with E-state index in [1.54, 1.807) is 0 Å². The molecule has 3 heteroatoms. The van der Waals surface area contributed by atoms with Crippen LogP contribution in [0.5, 0.6) is 0 Å². The Labute approximate surface area is 117 Å².